The lowest BCUT2D eigenvalue weighted by Gasteiger charge is -2.23. The number of halogens is 1. The zero-order chi connectivity index (χ0) is 18.3. The molecule has 3 atom stereocenters. The number of aromatic nitrogens is 2. The maximum atomic E-state index is 12.9. The Hall–Kier alpha value is -2.34. The molecule has 0 bridgehead atoms. The molecule has 4 rings (SSSR count). The van der Waals surface area contributed by atoms with Crippen LogP contribution in [0.1, 0.15) is 35.2 Å². The van der Waals surface area contributed by atoms with Crippen molar-refractivity contribution in [1.29, 1.82) is 0 Å². The Morgan fingerprint density at radius 1 is 1.27 bits per heavy atom. The summed E-state index contributed by atoms with van der Waals surface area (Å²) in [6.07, 6.45) is 6.11. The molecule has 2 aromatic rings. The molecule has 2 heterocycles. The van der Waals surface area contributed by atoms with Crippen LogP contribution in [0.25, 0.3) is 0 Å². The number of carboxylic acids is 1. The van der Waals surface area contributed by atoms with Gasteiger partial charge >= 0.3 is 5.97 Å². The number of nitrogens with zero attached hydrogens (tertiary/aromatic N) is 3. The van der Waals surface area contributed by atoms with Crippen LogP contribution < -0.4 is 0 Å². The van der Waals surface area contributed by atoms with E-state index in [9.17, 15) is 14.7 Å². The number of aliphatic carboxylic acids is 1. The second-order valence-corrected chi connectivity index (χ2v) is 7.52. The quantitative estimate of drug-likeness (QED) is 0.894. The number of fused-ring (bicyclic) bond motifs is 1. The number of benzene rings is 1. The lowest BCUT2D eigenvalue weighted by Crippen LogP contribution is -2.43. The molecule has 1 aliphatic carbocycles. The van der Waals surface area contributed by atoms with Crippen molar-refractivity contribution in [3.63, 3.8) is 0 Å². The Balaban J connectivity index is 1.53. The van der Waals surface area contributed by atoms with Gasteiger partial charge < -0.3 is 10.0 Å². The van der Waals surface area contributed by atoms with Crippen LogP contribution in [0.15, 0.2) is 36.7 Å². The van der Waals surface area contributed by atoms with E-state index in [2.05, 4.69) is 5.10 Å². The van der Waals surface area contributed by atoms with Crippen LogP contribution in [0.2, 0.25) is 5.02 Å². The Morgan fingerprint density at radius 2 is 2.08 bits per heavy atom. The first kappa shape index (κ1) is 17.1. The predicted molar refractivity (Wildman–Crippen MR) is 96.1 cm³/mol. The van der Waals surface area contributed by atoms with Gasteiger partial charge in [-0.3, -0.25) is 9.48 Å². The van der Waals surface area contributed by atoms with Crippen molar-refractivity contribution in [3.05, 3.63) is 52.8 Å². The zero-order valence-electron chi connectivity index (χ0n) is 14.2. The number of carboxylic acid groups (broad SMARTS) is 1. The molecule has 0 radical (unpaired) electrons. The SMILES string of the molecule is O=C(O)C1C2CCCC2CN1C(=O)c1cnn(Cc2ccccc2Cl)c1. The molecule has 7 heteroatoms. The molecule has 1 aromatic heterocycles. The summed E-state index contributed by atoms with van der Waals surface area (Å²) in [5, 5.41) is 14.5. The average Bonchev–Trinajstić information content (AvgIpc) is 3.31. The van der Waals surface area contributed by atoms with Crippen LogP contribution >= 0.6 is 11.6 Å². The molecule has 2 aliphatic rings. The summed E-state index contributed by atoms with van der Waals surface area (Å²) >= 11 is 6.17. The topological polar surface area (TPSA) is 75.4 Å². The molecule has 1 saturated carbocycles. The Kier molecular flexibility index (Phi) is 4.44. The summed E-state index contributed by atoms with van der Waals surface area (Å²) in [5.41, 5.74) is 1.33. The first-order valence-electron chi connectivity index (χ1n) is 8.84. The van der Waals surface area contributed by atoms with E-state index in [0.717, 1.165) is 24.8 Å². The molecule has 26 heavy (non-hydrogen) atoms. The molecule has 2 fully saturated rings. The number of carbonyl (C=O) groups is 2. The van der Waals surface area contributed by atoms with Crippen molar-refractivity contribution in [3.8, 4) is 0 Å². The number of carbonyl (C=O) groups excluding carboxylic acids is 1. The second kappa shape index (κ2) is 6.76. The summed E-state index contributed by atoms with van der Waals surface area (Å²) in [6, 6.07) is 6.76. The highest BCUT2D eigenvalue weighted by atomic mass is 35.5. The van der Waals surface area contributed by atoms with E-state index in [1.165, 1.54) is 11.1 Å². The molecule has 0 spiro atoms. The van der Waals surface area contributed by atoms with E-state index in [1.54, 1.807) is 10.9 Å². The molecular weight excluding hydrogens is 354 g/mol. The van der Waals surface area contributed by atoms with E-state index < -0.39 is 12.0 Å². The first-order chi connectivity index (χ1) is 12.5. The van der Waals surface area contributed by atoms with Crippen molar-refractivity contribution in [2.24, 2.45) is 11.8 Å². The van der Waals surface area contributed by atoms with Crippen LogP contribution in [-0.2, 0) is 11.3 Å². The molecule has 6 nitrogen and oxygen atoms in total. The van der Waals surface area contributed by atoms with Gasteiger partial charge in [0.15, 0.2) is 0 Å². The average molecular weight is 374 g/mol. The standard InChI is InChI=1S/C19H20ClN3O3/c20-16-7-2-1-4-13(16)9-22-10-14(8-21-22)18(24)23-11-12-5-3-6-15(12)17(23)19(25)26/h1-2,4,7-8,10,12,15,17H,3,5-6,9,11H2,(H,25,26). The van der Waals surface area contributed by atoms with Gasteiger partial charge in [0.1, 0.15) is 6.04 Å². The van der Waals surface area contributed by atoms with Gasteiger partial charge in [0.25, 0.3) is 5.91 Å². The van der Waals surface area contributed by atoms with Crippen molar-refractivity contribution < 1.29 is 14.7 Å². The van der Waals surface area contributed by atoms with Gasteiger partial charge in [0.05, 0.1) is 18.3 Å². The number of likely N-dealkylation sites (tertiary alicyclic amines) is 1. The van der Waals surface area contributed by atoms with Crippen LogP contribution in [0.5, 0.6) is 0 Å². The smallest absolute Gasteiger partial charge is 0.326 e. The summed E-state index contributed by atoms with van der Waals surface area (Å²) in [4.78, 5) is 26.2. The molecule has 1 aromatic carbocycles. The van der Waals surface area contributed by atoms with Crippen molar-refractivity contribution in [2.75, 3.05) is 6.54 Å². The molecule has 1 saturated heterocycles. The Labute approximate surface area is 156 Å². The fourth-order valence-electron chi connectivity index (χ4n) is 4.36. The van der Waals surface area contributed by atoms with Crippen molar-refractivity contribution >= 4 is 23.5 Å². The third-order valence-corrected chi connectivity index (χ3v) is 5.94. The van der Waals surface area contributed by atoms with Gasteiger partial charge in [-0.2, -0.15) is 5.10 Å². The van der Waals surface area contributed by atoms with Crippen LogP contribution in [0.4, 0.5) is 0 Å². The monoisotopic (exact) mass is 373 g/mol. The Bertz CT molecular complexity index is 850. The van der Waals surface area contributed by atoms with Crippen molar-refractivity contribution in [1.82, 2.24) is 14.7 Å². The van der Waals surface area contributed by atoms with Gasteiger partial charge in [-0.15, -0.1) is 0 Å². The lowest BCUT2D eigenvalue weighted by molar-refractivity contribution is -0.142. The van der Waals surface area contributed by atoms with E-state index in [4.69, 9.17) is 11.6 Å². The van der Waals surface area contributed by atoms with Crippen molar-refractivity contribution in [2.45, 2.75) is 31.8 Å². The summed E-state index contributed by atoms with van der Waals surface area (Å²) in [5.74, 6) is -0.777. The summed E-state index contributed by atoms with van der Waals surface area (Å²) in [6.45, 7) is 0.983. The van der Waals surface area contributed by atoms with E-state index in [-0.39, 0.29) is 11.8 Å². The Morgan fingerprint density at radius 3 is 2.85 bits per heavy atom. The minimum atomic E-state index is -0.906. The molecule has 1 N–H and O–H groups in total. The summed E-state index contributed by atoms with van der Waals surface area (Å²) < 4.78 is 1.65. The molecule has 3 unspecified atom stereocenters. The van der Waals surface area contributed by atoms with Gasteiger partial charge in [-0.25, -0.2) is 4.79 Å². The van der Waals surface area contributed by atoms with Gasteiger partial charge in [0, 0.05) is 17.8 Å². The number of hydrogen-bond donors (Lipinski definition) is 1. The predicted octanol–water partition coefficient (Wildman–Crippen LogP) is 2.91. The molecule has 1 amide bonds. The highest BCUT2D eigenvalue weighted by Gasteiger charge is 2.49. The molecule has 136 valence electrons. The number of rotatable bonds is 4. The third kappa shape index (κ3) is 2.98. The molecular formula is C19H20ClN3O3. The summed E-state index contributed by atoms with van der Waals surface area (Å²) in [7, 11) is 0. The van der Waals surface area contributed by atoms with Gasteiger partial charge in [-0.1, -0.05) is 36.2 Å². The number of hydrogen-bond acceptors (Lipinski definition) is 3. The van der Waals surface area contributed by atoms with Gasteiger partial charge in [-0.05, 0) is 36.3 Å². The fraction of sp³-hybridized carbons (Fsp3) is 0.421. The second-order valence-electron chi connectivity index (χ2n) is 7.11. The maximum absolute atomic E-state index is 12.9. The highest BCUT2D eigenvalue weighted by Crippen LogP contribution is 2.42. The van der Waals surface area contributed by atoms with E-state index in [0.29, 0.717) is 29.6 Å². The van der Waals surface area contributed by atoms with E-state index in [1.807, 2.05) is 24.3 Å². The number of amides is 1. The first-order valence-corrected chi connectivity index (χ1v) is 9.22. The fourth-order valence-corrected chi connectivity index (χ4v) is 4.55. The highest BCUT2D eigenvalue weighted by molar-refractivity contribution is 6.31. The third-order valence-electron chi connectivity index (χ3n) is 5.57. The van der Waals surface area contributed by atoms with E-state index >= 15 is 0 Å². The minimum absolute atomic E-state index is 0.0784. The zero-order valence-corrected chi connectivity index (χ0v) is 15.0. The van der Waals surface area contributed by atoms with Gasteiger partial charge in [0.2, 0.25) is 0 Å². The normalized spacial score (nSPS) is 24.7. The minimum Gasteiger partial charge on any atom is -0.480 e. The van der Waals surface area contributed by atoms with Crippen LogP contribution in [-0.4, -0.2) is 44.3 Å². The lowest BCUT2D eigenvalue weighted by atomic mass is 9.94. The molecule has 1 aliphatic heterocycles. The van der Waals surface area contributed by atoms with Crippen LogP contribution in [0, 0.1) is 11.8 Å². The largest absolute Gasteiger partial charge is 0.480 e. The van der Waals surface area contributed by atoms with Crippen LogP contribution in [0.3, 0.4) is 0 Å². The maximum Gasteiger partial charge on any atom is 0.326 e.